The van der Waals surface area contributed by atoms with Gasteiger partial charge < -0.3 is 19.9 Å². The van der Waals surface area contributed by atoms with E-state index < -0.39 is 5.82 Å². The molecule has 1 fully saturated rings. The third-order valence-electron chi connectivity index (χ3n) is 5.75. The van der Waals surface area contributed by atoms with E-state index in [2.05, 4.69) is 22.1 Å². The van der Waals surface area contributed by atoms with Gasteiger partial charge >= 0.3 is 0 Å². The first kappa shape index (κ1) is 25.9. The van der Waals surface area contributed by atoms with E-state index in [0.29, 0.717) is 44.9 Å². The zero-order chi connectivity index (χ0) is 24.3. The van der Waals surface area contributed by atoms with Crippen molar-refractivity contribution in [3.8, 4) is 0 Å². The van der Waals surface area contributed by atoms with E-state index in [1.54, 1.807) is 23.2 Å². The molecule has 3 rings (SSSR count). The Hall–Kier alpha value is -2.71. The number of carbonyl (C=O) groups excluding carboxylic acids is 2. The lowest BCUT2D eigenvalue weighted by Crippen LogP contribution is -2.49. The van der Waals surface area contributed by atoms with Crippen molar-refractivity contribution in [2.45, 2.75) is 32.6 Å². The minimum absolute atomic E-state index is 0.0571. The number of unbranched alkanes of at least 4 members (excludes halogenated alkanes) is 1. The highest BCUT2D eigenvalue weighted by atomic mass is 35.5. The standard InChI is InChI=1S/C25H32ClFN4O3/c1-2-3-15-34-16-5-10-28-25(33)19-8-9-23(29-18-19)30-11-13-31(14-12-30)24(32)17-20-21(26)6-4-7-22(20)27/h4,6-9,18H,2-3,5,10-17H2,1H3,(H,28,33). The van der Waals surface area contributed by atoms with Crippen LogP contribution in [0, 0.1) is 5.82 Å². The molecule has 1 aromatic heterocycles. The summed E-state index contributed by atoms with van der Waals surface area (Å²) in [6.07, 6.45) is 4.45. The summed E-state index contributed by atoms with van der Waals surface area (Å²) in [5.41, 5.74) is 0.738. The van der Waals surface area contributed by atoms with Crippen molar-refractivity contribution in [1.29, 1.82) is 0 Å². The monoisotopic (exact) mass is 490 g/mol. The molecule has 0 bridgehead atoms. The van der Waals surface area contributed by atoms with Crippen LogP contribution < -0.4 is 10.2 Å². The normalized spacial score (nSPS) is 13.7. The molecule has 34 heavy (non-hydrogen) atoms. The van der Waals surface area contributed by atoms with E-state index in [1.165, 1.54) is 12.1 Å². The summed E-state index contributed by atoms with van der Waals surface area (Å²) >= 11 is 6.05. The van der Waals surface area contributed by atoms with Crippen molar-refractivity contribution < 1.29 is 18.7 Å². The lowest BCUT2D eigenvalue weighted by molar-refractivity contribution is -0.130. The quantitative estimate of drug-likeness (QED) is 0.486. The van der Waals surface area contributed by atoms with Crippen LogP contribution in [0.1, 0.15) is 42.1 Å². The number of carbonyl (C=O) groups is 2. The Morgan fingerprint density at radius 2 is 1.88 bits per heavy atom. The van der Waals surface area contributed by atoms with Gasteiger partial charge in [-0.25, -0.2) is 9.37 Å². The Labute approximate surface area is 205 Å². The van der Waals surface area contributed by atoms with Gasteiger partial charge in [0.1, 0.15) is 11.6 Å². The molecular weight excluding hydrogens is 459 g/mol. The van der Waals surface area contributed by atoms with Gasteiger partial charge in [-0.2, -0.15) is 0 Å². The van der Waals surface area contributed by atoms with E-state index in [0.717, 1.165) is 31.7 Å². The smallest absolute Gasteiger partial charge is 0.252 e. The first-order valence-corrected chi connectivity index (χ1v) is 12.1. The van der Waals surface area contributed by atoms with Crippen LogP contribution in [-0.4, -0.2) is 67.6 Å². The molecular formula is C25H32ClFN4O3. The van der Waals surface area contributed by atoms with Gasteiger partial charge in [0.2, 0.25) is 5.91 Å². The Bertz CT molecular complexity index is 929. The molecule has 0 aliphatic carbocycles. The summed E-state index contributed by atoms with van der Waals surface area (Å²) < 4.78 is 19.5. The summed E-state index contributed by atoms with van der Waals surface area (Å²) in [5, 5.41) is 3.15. The highest BCUT2D eigenvalue weighted by Crippen LogP contribution is 2.21. The molecule has 1 aliphatic heterocycles. The van der Waals surface area contributed by atoms with Crippen molar-refractivity contribution in [3.05, 3.63) is 58.5 Å². The van der Waals surface area contributed by atoms with E-state index in [1.807, 2.05) is 6.07 Å². The van der Waals surface area contributed by atoms with Crippen LogP contribution in [0.2, 0.25) is 5.02 Å². The average molecular weight is 491 g/mol. The number of piperazine rings is 1. The van der Waals surface area contributed by atoms with E-state index in [4.69, 9.17) is 16.3 Å². The minimum atomic E-state index is -0.465. The number of aromatic nitrogens is 1. The average Bonchev–Trinajstić information content (AvgIpc) is 2.86. The van der Waals surface area contributed by atoms with Crippen LogP contribution >= 0.6 is 11.6 Å². The molecule has 1 saturated heterocycles. The van der Waals surface area contributed by atoms with E-state index >= 15 is 0 Å². The molecule has 7 nitrogen and oxygen atoms in total. The molecule has 0 spiro atoms. The highest BCUT2D eigenvalue weighted by Gasteiger charge is 2.23. The maximum atomic E-state index is 14.0. The number of rotatable bonds is 11. The molecule has 1 N–H and O–H groups in total. The zero-order valence-electron chi connectivity index (χ0n) is 19.6. The van der Waals surface area contributed by atoms with E-state index in [9.17, 15) is 14.0 Å². The maximum Gasteiger partial charge on any atom is 0.252 e. The Morgan fingerprint density at radius 3 is 2.56 bits per heavy atom. The van der Waals surface area contributed by atoms with Crippen LogP contribution in [0.5, 0.6) is 0 Å². The van der Waals surface area contributed by atoms with Gasteiger partial charge in [0.05, 0.1) is 12.0 Å². The van der Waals surface area contributed by atoms with Crippen LogP contribution in [0.25, 0.3) is 0 Å². The molecule has 9 heteroatoms. The van der Waals surface area contributed by atoms with Crippen LogP contribution in [0.4, 0.5) is 10.2 Å². The minimum Gasteiger partial charge on any atom is -0.381 e. The SMILES string of the molecule is CCCCOCCCNC(=O)c1ccc(N2CCN(C(=O)Cc3c(F)cccc3Cl)CC2)nc1. The molecule has 2 aromatic rings. The fraction of sp³-hybridized carbons (Fsp3) is 0.480. The number of nitrogens with one attached hydrogen (secondary N) is 1. The van der Waals surface area contributed by atoms with Gasteiger partial charge in [-0.15, -0.1) is 0 Å². The number of pyridine rings is 1. The van der Waals surface area contributed by atoms with Crippen molar-refractivity contribution in [2.75, 3.05) is 50.8 Å². The number of ether oxygens (including phenoxy) is 1. The molecule has 1 aromatic carbocycles. The fourth-order valence-corrected chi connectivity index (χ4v) is 3.91. The topological polar surface area (TPSA) is 74.8 Å². The zero-order valence-corrected chi connectivity index (χ0v) is 20.3. The lowest BCUT2D eigenvalue weighted by atomic mass is 10.1. The predicted molar refractivity (Wildman–Crippen MR) is 131 cm³/mol. The molecule has 0 radical (unpaired) electrons. The van der Waals surface area contributed by atoms with Gasteiger partial charge in [0.25, 0.3) is 5.91 Å². The largest absolute Gasteiger partial charge is 0.381 e. The van der Waals surface area contributed by atoms with Gasteiger partial charge in [0, 0.05) is 62.7 Å². The second-order valence-electron chi connectivity index (χ2n) is 8.23. The number of nitrogens with zero attached hydrogens (tertiary/aromatic N) is 3. The first-order chi connectivity index (χ1) is 16.5. The van der Waals surface area contributed by atoms with Crippen LogP contribution in [-0.2, 0) is 16.0 Å². The lowest BCUT2D eigenvalue weighted by Gasteiger charge is -2.35. The van der Waals surface area contributed by atoms with Crippen molar-refractivity contribution >= 4 is 29.2 Å². The molecule has 2 heterocycles. The number of benzene rings is 1. The fourth-order valence-electron chi connectivity index (χ4n) is 3.68. The first-order valence-electron chi connectivity index (χ1n) is 11.8. The summed E-state index contributed by atoms with van der Waals surface area (Å²) in [5.74, 6) is -0.0181. The van der Waals surface area contributed by atoms with Crippen molar-refractivity contribution in [2.24, 2.45) is 0 Å². The van der Waals surface area contributed by atoms with Crippen LogP contribution in [0.3, 0.4) is 0 Å². The second kappa shape index (κ2) is 13.2. The third-order valence-corrected chi connectivity index (χ3v) is 6.10. The van der Waals surface area contributed by atoms with Gasteiger partial charge in [-0.05, 0) is 37.1 Å². The Kier molecular flexibility index (Phi) is 10.1. The number of anilines is 1. The van der Waals surface area contributed by atoms with Crippen molar-refractivity contribution in [1.82, 2.24) is 15.2 Å². The Morgan fingerprint density at radius 1 is 1.12 bits per heavy atom. The molecule has 184 valence electrons. The second-order valence-corrected chi connectivity index (χ2v) is 8.63. The molecule has 2 amide bonds. The summed E-state index contributed by atoms with van der Waals surface area (Å²) in [6, 6.07) is 8.00. The van der Waals surface area contributed by atoms with E-state index in [-0.39, 0.29) is 28.8 Å². The number of amides is 2. The molecule has 1 aliphatic rings. The summed E-state index contributed by atoms with van der Waals surface area (Å²) in [6.45, 7) is 6.31. The van der Waals surface area contributed by atoms with Crippen LogP contribution in [0.15, 0.2) is 36.5 Å². The number of hydrogen-bond donors (Lipinski definition) is 1. The maximum absolute atomic E-state index is 14.0. The van der Waals surface area contributed by atoms with Gasteiger partial charge in [0.15, 0.2) is 0 Å². The Balaban J connectivity index is 1.42. The molecule has 0 atom stereocenters. The summed E-state index contributed by atoms with van der Waals surface area (Å²) in [7, 11) is 0. The third kappa shape index (κ3) is 7.40. The number of hydrogen-bond acceptors (Lipinski definition) is 5. The van der Waals surface area contributed by atoms with Gasteiger partial charge in [-0.1, -0.05) is 31.0 Å². The highest BCUT2D eigenvalue weighted by molar-refractivity contribution is 6.31. The molecule has 0 saturated carbocycles. The number of halogens is 2. The predicted octanol–water partition coefficient (Wildman–Crippen LogP) is 3.70. The van der Waals surface area contributed by atoms with Gasteiger partial charge in [-0.3, -0.25) is 9.59 Å². The molecule has 0 unspecified atom stereocenters. The van der Waals surface area contributed by atoms with Crippen molar-refractivity contribution in [3.63, 3.8) is 0 Å². The summed E-state index contributed by atoms with van der Waals surface area (Å²) in [4.78, 5) is 33.1.